The van der Waals surface area contributed by atoms with Crippen molar-refractivity contribution in [3.8, 4) is 0 Å². The van der Waals surface area contributed by atoms with Crippen LogP contribution in [0, 0.1) is 0 Å². The lowest BCUT2D eigenvalue weighted by molar-refractivity contribution is 0.0450. The Morgan fingerprint density at radius 1 is 1.07 bits per heavy atom. The van der Waals surface area contributed by atoms with E-state index in [1.165, 1.54) is 32.1 Å². The molecule has 0 bridgehead atoms. The van der Waals surface area contributed by atoms with Crippen LogP contribution in [0.1, 0.15) is 52.9 Å². The highest BCUT2D eigenvalue weighted by Gasteiger charge is 2.06. The summed E-state index contributed by atoms with van der Waals surface area (Å²) in [6, 6.07) is 0. The number of likely N-dealkylation sites (N-methyl/N-ethyl adjacent to an activating group) is 1. The molecule has 1 N–H and O–H groups in total. The lowest BCUT2D eigenvalue weighted by Gasteiger charge is -2.17. The predicted molar refractivity (Wildman–Crippen MR) is 62.7 cm³/mol. The van der Waals surface area contributed by atoms with E-state index < -0.39 is 0 Å². The van der Waals surface area contributed by atoms with Crippen LogP contribution >= 0.6 is 0 Å². The van der Waals surface area contributed by atoms with Gasteiger partial charge in [0.05, 0.1) is 6.10 Å². The summed E-state index contributed by atoms with van der Waals surface area (Å²) >= 11 is 0. The van der Waals surface area contributed by atoms with Crippen LogP contribution in [0.4, 0.5) is 0 Å². The van der Waals surface area contributed by atoms with Gasteiger partial charge in [0.1, 0.15) is 0 Å². The summed E-state index contributed by atoms with van der Waals surface area (Å²) < 4.78 is 5.82. The molecule has 0 fully saturated rings. The minimum absolute atomic E-state index is 0.428. The minimum Gasteiger partial charge on any atom is -0.377 e. The van der Waals surface area contributed by atoms with Crippen molar-refractivity contribution in [1.29, 1.82) is 0 Å². The Hall–Kier alpha value is -0.0800. The van der Waals surface area contributed by atoms with E-state index in [4.69, 9.17) is 4.74 Å². The molecule has 0 spiro atoms. The average molecular weight is 201 g/mol. The summed E-state index contributed by atoms with van der Waals surface area (Å²) in [5.41, 5.74) is 0. The maximum atomic E-state index is 5.82. The molecule has 1 atom stereocenters. The van der Waals surface area contributed by atoms with Crippen molar-refractivity contribution in [2.75, 3.05) is 19.7 Å². The third kappa shape index (κ3) is 8.52. The molecular formula is C12H27NO. The largest absolute Gasteiger partial charge is 0.377 e. The molecule has 2 heteroatoms. The van der Waals surface area contributed by atoms with Gasteiger partial charge in [-0.2, -0.15) is 0 Å². The Balaban J connectivity index is 3.40. The summed E-state index contributed by atoms with van der Waals surface area (Å²) in [5, 5.41) is 3.35. The third-order valence-electron chi connectivity index (χ3n) is 2.33. The van der Waals surface area contributed by atoms with Crippen molar-refractivity contribution in [2.24, 2.45) is 0 Å². The summed E-state index contributed by atoms with van der Waals surface area (Å²) in [5.74, 6) is 0. The second kappa shape index (κ2) is 11.0. The first-order chi connectivity index (χ1) is 6.85. The number of ether oxygens (including phenoxy) is 1. The van der Waals surface area contributed by atoms with E-state index in [1.807, 2.05) is 0 Å². The van der Waals surface area contributed by atoms with Crippen molar-refractivity contribution in [3.63, 3.8) is 0 Å². The van der Waals surface area contributed by atoms with E-state index in [0.717, 1.165) is 19.7 Å². The molecule has 0 amide bonds. The highest BCUT2D eigenvalue weighted by molar-refractivity contribution is 4.60. The summed E-state index contributed by atoms with van der Waals surface area (Å²) in [6.07, 6.45) is 6.60. The summed E-state index contributed by atoms with van der Waals surface area (Å²) in [7, 11) is 0. The molecule has 0 rings (SSSR count). The highest BCUT2D eigenvalue weighted by Crippen LogP contribution is 2.03. The molecular weight excluding hydrogens is 174 g/mol. The van der Waals surface area contributed by atoms with Crippen molar-refractivity contribution < 1.29 is 4.74 Å². The number of unbranched alkanes of at least 4 members (excludes halogenated alkanes) is 2. The normalized spacial score (nSPS) is 13.1. The Bertz CT molecular complexity index is 106. The number of rotatable bonds is 10. The quantitative estimate of drug-likeness (QED) is 0.549. The van der Waals surface area contributed by atoms with Gasteiger partial charge < -0.3 is 10.1 Å². The molecule has 0 aromatic heterocycles. The molecule has 2 nitrogen and oxygen atoms in total. The number of hydrogen-bond acceptors (Lipinski definition) is 2. The fourth-order valence-corrected chi connectivity index (χ4v) is 1.47. The maximum absolute atomic E-state index is 5.82. The molecule has 0 aliphatic heterocycles. The van der Waals surface area contributed by atoms with Crippen molar-refractivity contribution in [3.05, 3.63) is 0 Å². The van der Waals surface area contributed by atoms with Crippen molar-refractivity contribution in [2.45, 2.75) is 59.0 Å². The van der Waals surface area contributed by atoms with E-state index in [0.29, 0.717) is 6.10 Å². The molecule has 86 valence electrons. The molecule has 0 radical (unpaired) electrons. The molecule has 0 saturated heterocycles. The van der Waals surface area contributed by atoms with Crippen LogP contribution in [0.2, 0.25) is 0 Å². The molecule has 0 aromatic carbocycles. The van der Waals surface area contributed by atoms with Crippen LogP contribution in [0.15, 0.2) is 0 Å². The topological polar surface area (TPSA) is 21.3 Å². The first-order valence-corrected chi connectivity index (χ1v) is 6.17. The van der Waals surface area contributed by atoms with Crippen LogP contribution in [0.25, 0.3) is 0 Å². The zero-order chi connectivity index (χ0) is 10.6. The van der Waals surface area contributed by atoms with E-state index in [2.05, 4.69) is 26.1 Å². The smallest absolute Gasteiger partial charge is 0.0699 e. The van der Waals surface area contributed by atoms with Crippen LogP contribution in [-0.2, 0) is 4.74 Å². The van der Waals surface area contributed by atoms with Gasteiger partial charge in [0.25, 0.3) is 0 Å². The van der Waals surface area contributed by atoms with E-state index in [1.54, 1.807) is 0 Å². The third-order valence-corrected chi connectivity index (χ3v) is 2.33. The van der Waals surface area contributed by atoms with Crippen LogP contribution < -0.4 is 5.32 Å². The summed E-state index contributed by atoms with van der Waals surface area (Å²) in [6.45, 7) is 9.56. The fourth-order valence-electron chi connectivity index (χ4n) is 1.47. The molecule has 0 aliphatic rings. The lowest BCUT2D eigenvalue weighted by Crippen LogP contribution is -2.29. The first kappa shape index (κ1) is 13.9. The van der Waals surface area contributed by atoms with Gasteiger partial charge in [-0.15, -0.1) is 0 Å². The zero-order valence-electron chi connectivity index (χ0n) is 10.1. The Morgan fingerprint density at radius 2 is 1.86 bits per heavy atom. The zero-order valence-corrected chi connectivity index (χ0v) is 10.1. The highest BCUT2D eigenvalue weighted by atomic mass is 16.5. The first-order valence-electron chi connectivity index (χ1n) is 6.17. The van der Waals surface area contributed by atoms with Gasteiger partial charge in [0, 0.05) is 13.2 Å². The fraction of sp³-hybridized carbons (Fsp3) is 1.00. The predicted octanol–water partition coefficient (Wildman–Crippen LogP) is 2.97. The molecule has 1 unspecified atom stereocenters. The maximum Gasteiger partial charge on any atom is 0.0699 e. The summed E-state index contributed by atoms with van der Waals surface area (Å²) in [4.78, 5) is 0. The molecule has 0 aliphatic carbocycles. The van der Waals surface area contributed by atoms with Gasteiger partial charge in [0.2, 0.25) is 0 Å². The lowest BCUT2D eigenvalue weighted by atomic mass is 10.2. The van der Waals surface area contributed by atoms with Gasteiger partial charge in [-0.05, 0) is 19.4 Å². The number of nitrogens with one attached hydrogen (secondary N) is 1. The molecule has 14 heavy (non-hydrogen) atoms. The second-order valence-corrected chi connectivity index (χ2v) is 3.80. The monoisotopic (exact) mass is 201 g/mol. The second-order valence-electron chi connectivity index (χ2n) is 3.80. The van der Waals surface area contributed by atoms with Gasteiger partial charge in [-0.25, -0.2) is 0 Å². The van der Waals surface area contributed by atoms with E-state index in [-0.39, 0.29) is 0 Å². The Morgan fingerprint density at radius 3 is 2.43 bits per heavy atom. The van der Waals surface area contributed by atoms with Gasteiger partial charge in [-0.3, -0.25) is 0 Å². The van der Waals surface area contributed by atoms with E-state index in [9.17, 15) is 0 Å². The average Bonchev–Trinajstić information content (AvgIpc) is 2.20. The van der Waals surface area contributed by atoms with Crippen LogP contribution in [-0.4, -0.2) is 25.8 Å². The minimum atomic E-state index is 0.428. The van der Waals surface area contributed by atoms with Crippen molar-refractivity contribution in [1.82, 2.24) is 5.32 Å². The van der Waals surface area contributed by atoms with E-state index >= 15 is 0 Å². The number of hydrogen-bond donors (Lipinski definition) is 1. The van der Waals surface area contributed by atoms with Gasteiger partial charge in [0.15, 0.2) is 0 Å². The Kier molecular flexibility index (Phi) is 10.9. The van der Waals surface area contributed by atoms with Crippen LogP contribution in [0.5, 0.6) is 0 Å². The van der Waals surface area contributed by atoms with Gasteiger partial charge >= 0.3 is 0 Å². The Labute approximate surface area is 89.4 Å². The van der Waals surface area contributed by atoms with Gasteiger partial charge in [-0.1, -0.05) is 40.0 Å². The molecule has 0 aromatic rings. The van der Waals surface area contributed by atoms with Crippen molar-refractivity contribution >= 4 is 0 Å². The molecule has 0 saturated carbocycles. The van der Waals surface area contributed by atoms with Crippen LogP contribution in [0.3, 0.4) is 0 Å². The molecule has 0 heterocycles. The standard InChI is InChI=1S/C12H27NO/c1-4-7-8-10-14-12(9-5-2)11-13-6-3/h12-13H,4-11H2,1-3H3. The SMILES string of the molecule is CCCCCOC(CCC)CNCC.